The van der Waals surface area contributed by atoms with Crippen LogP contribution in [0, 0.1) is 5.82 Å². The van der Waals surface area contributed by atoms with Crippen LogP contribution >= 0.6 is 0 Å². The van der Waals surface area contributed by atoms with Gasteiger partial charge in [0, 0.05) is 32.9 Å². The lowest BCUT2D eigenvalue weighted by atomic mass is 10.2. The van der Waals surface area contributed by atoms with Crippen molar-refractivity contribution in [3.05, 3.63) is 59.9 Å². The first-order valence-electron chi connectivity index (χ1n) is 6.99. The molecule has 112 valence electrons. The number of halogens is 1. The van der Waals surface area contributed by atoms with Gasteiger partial charge >= 0.3 is 0 Å². The Balaban J connectivity index is 2.00. The van der Waals surface area contributed by atoms with Crippen molar-refractivity contribution in [3.8, 4) is 0 Å². The number of methoxy groups -OCH3 is 1. The molecule has 4 heteroatoms. The number of benzene rings is 2. The van der Waals surface area contributed by atoms with Crippen molar-refractivity contribution in [1.29, 1.82) is 0 Å². The van der Waals surface area contributed by atoms with Crippen molar-refractivity contribution >= 4 is 11.4 Å². The minimum Gasteiger partial charge on any atom is -0.383 e. The Labute approximate surface area is 125 Å². The van der Waals surface area contributed by atoms with Gasteiger partial charge in [-0.15, -0.1) is 0 Å². The molecule has 0 unspecified atom stereocenters. The van der Waals surface area contributed by atoms with Gasteiger partial charge in [-0.25, -0.2) is 4.39 Å². The molecule has 2 aromatic carbocycles. The van der Waals surface area contributed by atoms with Gasteiger partial charge in [0.1, 0.15) is 5.82 Å². The van der Waals surface area contributed by atoms with Gasteiger partial charge in [0.25, 0.3) is 0 Å². The minimum atomic E-state index is -0.217. The predicted molar refractivity (Wildman–Crippen MR) is 84.5 cm³/mol. The fourth-order valence-electron chi connectivity index (χ4n) is 2.11. The number of para-hydroxylation sites is 1. The number of nitrogens with one attached hydrogen (secondary N) is 1. The Morgan fingerprint density at radius 3 is 2.48 bits per heavy atom. The normalized spacial score (nSPS) is 10.6. The quantitative estimate of drug-likeness (QED) is 0.791. The zero-order valence-corrected chi connectivity index (χ0v) is 12.5. The second kappa shape index (κ2) is 7.76. The molecule has 3 nitrogen and oxygen atoms in total. The van der Waals surface area contributed by atoms with Gasteiger partial charge in [-0.2, -0.15) is 0 Å². The highest BCUT2D eigenvalue weighted by Gasteiger charge is 2.08. The highest BCUT2D eigenvalue weighted by Crippen LogP contribution is 2.25. The predicted octanol–water partition coefficient (Wildman–Crippen LogP) is 3.33. The van der Waals surface area contributed by atoms with E-state index in [4.69, 9.17) is 4.74 Å². The third-order valence-electron chi connectivity index (χ3n) is 3.35. The van der Waals surface area contributed by atoms with E-state index in [0.29, 0.717) is 12.3 Å². The molecular weight excluding hydrogens is 267 g/mol. The van der Waals surface area contributed by atoms with Crippen molar-refractivity contribution in [2.24, 2.45) is 0 Å². The standard InChI is InChI=1S/C17H21FN2O/c1-20(17-6-4-3-5-16(17)18)15-9-7-14(8-10-15)13-19-11-12-21-2/h3-10,19H,11-13H2,1-2H3. The van der Waals surface area contributed by atoms with Crippen LogP contribution < -0.4 is 10.2 Å². The molecule has 0 atom stereocenters. The van der Waals surface area contributed by atoms with Crippen molar-refractivity contribution in [2.75, 3.05) is 32.2 Å². The third-order valence-corrected chi connectivity index (χ3v) is 3.35. The van der Waals surface area contributed by atoms with E-state index in [9.17, 15) is 4.39 Å². The molecule has 0 aromatic heterocycles. The van der Waals surface area contributed by atoms with Gasteiger partial charge in [-0.05, 0) is 29.8 Å². The molecule has 0 radical (unpaired) electrons. The number of rotatable bonds is 7. The van der Waals surface area contributed by atoms with Gasteiger partial charge < -0.3 is 15.0 Å². The van der Waals surface area contributed by atoms with Gasteiger partial charge in [0.05, 0.1) is 12.3 Å². The SMILES string of the molecule is COCCNCc1ccc(N(C)c2ccccc2F)cc1. The number of nitrogens with zero attached hydrogens (tertiary/aromatic N) is 1. The van der Waals surface area contributed by atoms with Crippen LogP contribution in [0.1, 0.15) is 5.56 Å². The molecule has 0 saturated heterocycles. The van der Waals surface area contributed by atoms with Crippen LogP contribution in [0.2, 0.25) is 0 Å². The molecule has 0 fully saturated rings. The summed E-state index contributed by atoms with van der Waals surface area (Å²) in [6.07, 6.45) is 0. The lowest BCUT2D eigenvalue weighted by Gasteiger charge is -2.20. The summed E-state index contributed by atoms with van der Waals surface area (Å²) >= 11 is 0. The summed E-state index contributed by atoms with van der Waals surface area (Å²) < 4.78 is 18.8. The number of hydrogen-bond acceptors (Lipinski definition) is 3. The fourth-order valence-corrected chi connectivity index (χ4v) is 2.11. The molecule has 0 aliphatic carbocycles. The Morgan fingerprint density at radius 1 is 1.10 bits per heavy atom. The molecule has 0 bridgehead atoms. The molecular formula is C17H21FN2O. The van der Waals surface area contributed by atoms with Crippen LogP contribution in [0.4, 0.5) is 15.8 Å². The lowest BCUT2D eigenvalue weighted by Crippen LogP contribution is -2.18. The van der Waals surface area contributed by atoms with Crippen molar-refractivity contribution < 1.29 is 9.13 Å². The zero-order chi connectivity index (χ0) is 15.1. The molecule has 2 aromatic rings. The van der Waals surface area contributed by atoms with Crippen molar-refractivity contribution in [3.63, 3.8) is 0 Å². The van der Waals surface area contributed by atoms with E-state index in [0.717, 1.165) is 18.8 Å². The summed E-state index contributed by atoms with van der Waals surface area (Å²) in [6, 6.07) is 14.9. The highest BCUT2D eigenvalue weighted by atomic mass is 19.1. The summed E-state index contributed by atoms with van der Waals surface area (Å²) in [5.41, 5.74) is 2.72. The highest BCUT2D eigenvalue weighted by molar-refractivity contribution is 5.63. The van der Waals surface area contributed by atoms with E-state index in [2.05, 4.69) is 5.32 Å². The first kappa shape index (κ1) is 15.5. The van der Waals surface area contributed by atoms with Gasteiger partial charge in [-0.3, -0.25) is 0 Å². The third kappa shape index (κ3) is 4.28. The van der Waals surface area contributed by atoms with E-state index in [1.807, 2.05) is 42.3 Å². The molecule has 0 aliphatic heterocycles. The minimum absolute atomic E-state index is 0.217. The molecule has 0 amide bonds. The molecule has 0 heterocycles. The molecule has 0 spiro atoms. The molecule has 2 rings (SSSR count). The first-order valence-corrected chi connectivity index (χ1v) is 6.99. The van der Waals surface area contributed by atoms with Crippen LogP contribution in [0.15, 0.2) is 48.5 Å². The van der Waals surface area contributed by atoms with Crippen LogP contribution in [0.3, 0.4) is 0 Å². The van der Waals surface area contributed by atoms with Gasteiger partial charge in [0.2, 0.25) is 0 Å². The summed E-state index contributed by atoms with van der Waals surface area (Å²) in [7, 11) is 3.55. The van der Waals surface area contributed by atoms with E-state index in [-0.39, 0.29) is 5.82 Å². The zero-order valence-electron chi connectivity index (χ0n) is 12.5. The summed E-state index contributed by atoms with van der Waals surface area (Å²) in [4.78, 5) is 1.84. The molecule has 0 saturated carbocycles. The number of hydrogen-bond donors (Lipinski definition) is 1. The maximum Gasteiger partial charge on any atom is 0.146 e. The Kier molecular flexibility index (Phi) is 5.72. The molecule has 1 N–H and O–H groups in total. The van der Waals surface area contributed by atoms with Gasteiger partial charge in [-0.1, -0.05) is 24.3 Å². The second-order valence-corrected chi connectivity index (χ2v) is 4.85. The summed E-state index contributed by atoms with van der Waals surface area (Å²) in [5.74, 6) is -0.217. The van der Waals surface area contributed by atoms with E-state index in [1.54, 1.807) is 19.2 Å². The van der Waals surface area contributed by atoms with E-state index in [1.165, 1.54) is 11.6 Å². The number of anilines is 2. The first-order chi connectivity index (χ1) is 10.2. The summed E-state index contributed by atoms with van der Waals surface area (Å²) in [5, 5.41) is 3.29. The van der Waals surface area contributed by atoms with Crippen molar-refractivity contribution in [2.45, 2.75) is 6.54 Å². The average molecular weight is 288 g/mol. The topological polar surface area (TPSA) is 24.5 Å². The van der Waals surface area contributed by atoms with Gasteiger partial charge in [0.15, 0.2) is 0 Å². The maximum absolute atomic E-state index is 13.8. The smallest absolute Gasteiger partial charge is 0.146 e. The molecule has 21 heavy (non-hydrogen) atoms. The number of ether oxygens (including phenoxy) is 1. The maximum atomic E-state index is 13.8. The van der Waals surface area contributed by atoms with Crippen LogP contribution in [-0.2, 0) is 11.3 Å². The van der Waals surface area contributed by atoms with Crippen LogP contribution in [-0.4, -0.2) is 27.3 Å². The Bertz CT molecular complexity index is 557. The van der Waals surface area contributed by atoms with Crippen LogP contribution in [0.25, 0.3) is 0 Å². The molecule has 0 aliphatic rings. The summed E-state index contributed by atoms with van der Waals surface area (Å²) in [6.45, 7) is 2.33. The lowest BCUT2D eigenvalue weighted by molar-refractivity contribution is 0.199. The van der Waals surface area contributed by atoms with Crippen LogP contribution in [0.5, 0.6) is 0 Å². The Hall–Kier alpha value is -1.91. The average Bonchev–Trinajstić information content (AvgIpc) is 2.52. The second-order valence-electron chi connectivity index (χ2n) is 4.85. The Morgan fingerprint density at radius 2 is 1.81 bits per heavy atom. The fraction of sp³-hybridized carbons (Fsp3) is 0.294. The monoisotopic (exact) mass is 288 g/mol. The van der Waals surface area contributed by atoms with E-state index < -0.39 is 0 Å². The largest absolute Gasteiger partial charge is 0.383 e. The van der Waals surface area contributed by atoms with Crippen molar-refractivity contribution in [1.82, 2.24) is 5.32 Å². The van der Waals surface area contributed by atoms with E-state index >= 15 is 0 Å².